The molecular weight excluding hydrogens is 180 g/mol. The first-order valence-corrected chi connectivity index (χ1v) is 4.79. The third kappa shape index (κ3) is 2.52. The van der Waals surface area contributed by atoms with Crippen molar-refractivity contribution in [3.63, 3.8) is 0 Å². The second-order valence-corrected chi connectivity index (χ2v) is 3.65. The maximum atomic E-state index is 5.99. The molecule has 0 saturated carbocycles. The van der Waals surface area contributed by atoms with Crippen molar-refractivity contribution in [3.8, 4) is 0 Å². The lowest BCUT2D eigenvalue weighted by atomic mass is 10.1. The van der Waals surface area contributed by atoms with Crippen LogP contribution in [0.3, 0.4) is 0 Å². The van der Waals surface area contributed by atoms with Gasteiger partial charge >= 0.3 is 0 Å². The number of methoxy groups -OCH3 is 1. The highest BCUT2D eigenvalue weighted by Crippen LogP contribution is 2.15. The van der Waals surface area contributed by atoms with E-state index in [1.54, 1.807) is 13.4 Å². The van der Waals surface area contributed by atoms with Crippen LogP contribution in [0, 0.1) is 5.92 Å². The normalized spacial score (nSPS) is 13.5. The summed E-state index contributed by atoms with van der Waals surface area (Å²) in [4.78, 5) is 0. The summed E-state index contributed by atoms with van der Waals surface area (Å²) in [7, 11) is 1.67. The molecular formula is C9H18N4O. The standard InChI is InChI=1S/C9H18N4O/c1-7(2)8(10)9-12-11-6-13(9)4-5-14-3/h6-8H,4-5,10H2,1-3H3. The van der Waals surface area contributed by atoms with Crippen LogP contribution in [-0.4, -0.2) is 28.5 Å². The van der Waals surface area contributed by atoms with Crippen molar-refractivity contribution < 1.29 is 4.74 Å². The van der Waals surface area contributed by atoms with E-state index >= 15 is 0 Å². The topological polar surface area (TPSA) is 66.0 Å². The Kier molecular flexibility index (Phi) is 4.03. The van der Waals surface area contributed by atoms with Crippen LogP contribution >= 0.6 is 0 Å². The van der Waals surface area contributed by atoms with Gasteiger partial charge in [-0.3, -0.25) is 0 Å². The third-order valence-corrected chi connectivity index (χ3v) is 2.20. The molecule has 0 aliphatic rings. The smallest absolute Gasteiger partial charge is 0.150 e. The van der Waals surface area contributed by atoms with Gasteiger partial charge in [-0.05, 0) is 5.92 Å². The second-order valence-electron chi connectivity index (χ2n) is 3.65. The Bertz CT molecular complexity index is 272. The van der Waals surface area contributed by atoms with Gasteiger partial charge in [0.25, 0.3) is 0 Å². The van der Waals surface area contributed by atoms with Crippen LogP contribution < -0.4 is 5.73 Å². The Balaban J connectivity index is 2.71. The molecule has 0 fully saturated rings. The average molecular weight is 198 g/mol. The predicted octanol–water partition coefficient (Wildman–Crippen LogP) is 0.580. The van der Waals surface area contributed by atoms with E-state index in [4.69, 9.17) is 10.5 Å². The van der Waals surface area contributed by atoms with E-state index in [1.807, 2.05) is 4.57 Å². The van der Waals surface area contributed by atoms with Crippen molar-refractivity contribution in [2.75, 3.05) is 13.7 Å². The van der Waals surface area contributed by atoms with Crippen LogP contribution in [-0.2, 0) is 11.3 Å². The number of hydrogen-bond donors (Lipinski definition) is 1. The summed E-state index contributed by atoms with van der Waals surface area (Å²) in [5, 5.41) is 7.88. The lowest BCUT2D eigenvalue weighted by Crippen LogP contribution is -2.22. The van der Waals surface area contributed by atoms with Crippen molar-refractivity contribution in [2.24, 2.45) is 11.7 Å². The van der Waals surface area contributed by atoms with E-state index < -0.39 is 0 Å². The summed E-state index contributed by atoms with van der Waals surface area (Å²) in [5.41, 5.74) is 5.99. The van der Waals surface area contributed by atoms with Crippen molar-refractivity contribution in [2.45, 2.75) is 26.4 Å². The van der Waals surface area contributed by atoms with Gasteiger partial charge in [0.1, 0.15) is 12.2 Å². The van der Waals surface area contributed by atoms with E-state index in [0.29, 0.717) is 12.5 Å². The minimum absolute atomic E-state index is 0.0608. The zero-order valence-corrected chi connectivity index (χ0v) is 8.97. The highest BCUT2D eigenvalue weighted by molar-refractivity contribution is 4.94. The maximum absolute atomic E-state index is 5.99. The van der Waals surface area contributed by atoms with E-state index in [9.17, 15) is 0 Å². The van der Waals surface area contributed by atoms with Crippen LogP contribution in [0.2, 0.25) is 0 Å². The predicted molar refractivity (Wildman–Crippen MR) is 53.7 cm³/mol. The summed E-state index contributed by atoms with van der Waals surface area (Å²) in [6.45, 7) is 5.54. The van der Waals surface area contributed by atoms with Gasteiger partial charge in [0.2, 0.25) is 0 Å². The van der Waals surface area contributed by atoms with Gasteiger partial charge in [0.05, 0.1) is 12.6 Å². The molecule has 1 atom stereocenters. The number of nitrogens with zero attached hydrogens (tertiary/aromatic N) is 3. The van der Waals surface area contributed by atoms with Gasteiger partial charge in [0.15, 0.2) is 0 Å². The highest BCUT2D eigenvalue weighted by atomic mass is 16.5. The second kappa shape index (κ2) is 5.07. The van der Waals surface area contributed by atoms with E-state index in [1.165, 1.54) is 0 Å². The molecule has 1 aromatic rings. The molecule has 0 spiro atoms. The third-order valence-electron chi connectivity index (χ3n) is 2.20. The monoisotopic (exact) mass is 198 g/mol. The van der Waals surface area contributed by atoms with Crippen LogP contribution in [0.1, 0.15) is 25.7 Å². The maximum Gasteiger partial charge on any atom is 0.150 e. The molecule has 14 heavy (non-hydrogen) atoms. The van der Waals surface area contributed by atoms with Gasteiger partial charge in [-0.25, -0.2) is 0 Å². The van der Waals surface area contributed by atoms with E-state index in [0.717, 1.165) is 12.4 Å². The number of ether oxygens (including phenoxy) is 1. The quantitative estimate of drug-likeness (QED) is 0.751. The minimum atomic E-state index is -0.0608. The van der Waals surface area contributed by atoms with Crippen LogP contribution in [0.15, 0.2) is 6.33 Å². The number of rotatable bonds is 5. The van der Waals surface area contributed by atoms with Crippen molar-refractivity contribution in [1.29, 1.82) is 0 Å². The molecule has 0 bridgehead atoms. The first-order valence-electron chi connectivity index (χ1n) is 4.79. The van der Waals surface area contributed by atoms with Gasteiger partial charge < -0.3 is 15.0 Å². The largest absolute Gasteiger partial charge is 0.383 e. The van der Waals surface area contributed by atoms with E-state index in [2.05, 4.69) is 24.0 Å². The summed E-state index contributed by atoms with van der Waals surface area (Å²) >= 11 is 0. The van der Waals surface area contributed by atoms with Crippen molar-refractivity contribution in [3.05, 3.63) is 12.2 Å². The zero-order valence-electron chi connectivity index (χ0n) is 8.97. The highest BCUT2D eigenvalue weighted by Gasteiger charge is 2.16. The Morgan fingerprint density at radius 2 is 2.29 bits per heavy atom. The molecule has 2 N–H and O–H groups in total. The van der Waals surface area contributed by atoms with Crippen LogP contribution in [0.5, 0.6) is 0 Å². The van der Waals surface area contributed by atoms with E-state index in [-0.39, 0.29) is 6.04 Å². The summed E-state index contributed by atoms with van der Waals surface area (Å²) in [6, 6.07) is -0.0608. The molecule has 1 aromatic heterocycles. The molecule has 0 amide bonds. The van der Waals surface area contributed by atoms with Gasteiger partial charge in [-0.15, -0.1) is 10.2 Å². The number of hydrogen-bond acceptors (Lipinski definition) is 4. The van der Waals surface area contributed by atoms with Crippen molar-refractivity contribution >= 4 is 0 Å². The molecule has 5 heteroatoms. The lowest BCUT2D eigenvalue weighted by Gasteiger charge is -2.15. The number of aromatic nitrogens is 3. The molecule has 1 heterocycles. The lowest BCUT2D eigenvalue weighted by molar-refractivity contribution is 0.185. The Hall–Kier alpha value is -0.940. The average Bonchev–Trinajstić information content (AvgIpc) is 2.61. The first-order chi connectivity index (χ1) is 6.66. The molecule has 5 nitrogen and oxygen atoms in total. The Labute approximate surface area is 84.3 Å². The summed E-state index contributed by atoms with van der Waals surface area (Å²) in [5.74, 6) is 1.19. The summed E-state index contributed by atoms with van der Waals surface area (Å²) in [6.07, 6.45) is 1.69. The Morgan fingerprint density at radius 1 is 1.57 bits per heavy atom. The van der Waals surface area contributed by atoms with Crippen LogP contribution in [0.4, 0.5) is 0 Å². The van der Waals surface area contributed by atoms with Crippen LogP contribution in [0.25, 0.3) is 0 Å². The molecule has 1 rings (SSSR count). The molecule has 0 aliphatic heterocycles. The van der Waals surface area contributed by atoms with Crippen molar-refractivity contribution in [1.82, 2.24) is 14.8 Å². The van der Waals surface area contributed by atoms with Gasteiger partial charge in [-0.2, -0.15) is 0 Å². The molecule has 1 unspecified atom stereocenters. The Morgan fingerprint density at radius 3 is 2.86 bits per heavy atom. The fourth-order valence-electron chi connectivity index (χ4n) is 1.18. The summed E-state index contributed by atoms with van der Waals surface area (Å²) < 4.78 is 6.93. The first kappa shape index (κ1) is 11.1. The molecule has 0 aromatic carbocycles. The SMILES string of the molecule is COCCn1cnnc1C(N)C(C)C. The zero-order chi connectivity index (χ0) is 10.6. The van der Waals surface area contributed by atoms with Gasteiger partial charge in [-0.1, -0.05) is 13.8 Å². The fourth-order valence-corrected chi connectivity index (χ4v) is 1.18. The molecule has 0 radical (unpaired) electrons. The molecule has 0 aliphatic carbocycles. The van der Waals surface area contributed by atoms with Gasteiger partial charge in [0, 0.05) is 13.7 Å². The number of nitrogens with two attached hydrogens (primary N) is 1. The molecule has 0 saturated heterocycles. The molecule has 80 valence electrons. The fraction of sp³-hybridized carbons (Fsp3) is 0.778. The minimum Gasteiger partial charge on any atom is -0.383 e.